The summed E-state index contributed by atoms with van der Waals surface area (Å²) in [6.45, 7) is 5.06. The Morgan fingerprint density at radius 1 is 1.00 bits per heavy atom. The molecular formula is C9H19F6O2SiZn. The molecular weight excluding hydrogens is 348 g/mol. The van der Waals surface area contributed by atoms with Gasteiger partial charge in [-0.2, -0.15) is 0 Å². The first kappa shape index (κ1) is 19.3. The Morgan fingerprint density at radius 2 is 1.37 bits per heavy atom. The topological polar surface area (TPSA) is 18.5 Å². The molecule has 0 saturated heterocycles. The monoisotopic (exact) mass is 365 g/mol. The standard InChI is InChI=1S/C6H15OSi.C3H4F3O.3FH.Zn/c1-4-8(7,5-2)6-3;1-2(7)3(4,5)6;;;;/h4-6H2,1-3H3;2H,1H3;3*1H;/q2*-1;;;;+5/p-3. The van der Waals surface area contributed by atoms with E-state index in [1.54, 1.807) is 20.8 Å². The van der Waals surface area contributed by atoms with E-state index in [1.807, 2.05) is 0 Å². The Hall–Kier alpha value is 0.340. The van der Waals surface area contributed by atoms with Crippen LogP contribution in [0.4, 0.5) is 23.1 Å². The van der Waals surface area contributed by atoms with Gasteiger partial charge in [-0.25, -0.2) is 0 Å². The fourth-order valence-electron chi connectivity index (χ4n) is 2.04. The number of hydrogen-bond acceptors (Lipinski definition) is 2. The molecule has 1 unspecified atom stereocenters. The Labute approximate surface area is 112 Å². The van der Waals surface area contributed by atoms with E-state index in [9.17, 15) is 23.1 Å². The van der Waals surface area contributed by atoms with Crippen LogP contribution >= 0.6 is 0 Å². The molecule has 0 fully saturated rings. The van der Waals surface area contributed by atoms with E-state index in [0.29, 0.717) is 6.92 Å². The van der Waals surface area contributed by atoms with Gasteiger partial charge in [0.05, 0.1) is 0 Å². The van der Waals surface area contributed by atoms with Crippen molar-refractivity contribution in [3.63, 3.8) is 0 Å². The molecule has 0 N–H and O–H groups in total. The van der Waals surface area contributed by atoms with Crippen LogP contribution in [0.2, 0.25) is 18.1 Å². The van der Waals surface area contributed by atoms with Crippen LogP contribution in [0, 0.1) is 0 Å². The molecule has 0 rings (SSSR count). The summed E-state index contributed by atoms with van der Waals surface area (Å²) in [6.07, 6.45) is -7.92. The summed E-state index contributed by atoms with van der Waals surface area (Å²) < 4.78 is 85.2. The third kappa shape index (κ3) is 6.10. The second-order valence-electron chi connectivity index (χ2n) is 4.81. The van der Waals surface area contributed by atoms with Gasteiger partial charge in [0.1, 0.15) is 0 Å². The Bertz CT molecular complexity index is 291. The molecule has 115 valence electrons. The molecule has 0 aliphatic rings. The van der Waals surface area contributed by atoms with Crippen molar-refractivity contribution < 1.29 is 45.7 Å². The second-order valence-corrected chi connectivity index (χ2v) is 16.6. The van der Waals surface area contributed by atoms with Crippen molar-refractivity contribution in [3.05, 3.63) is 0 Å². The molecule has 0 aliphatic carbocycles. The van der Waals surface area contributed by atoms with Crippen molar-refractivity contribution in [2.75, 3.05) is 0 Å². The minimum absolute atomic E-state index is 0.202. The number of alkyl halides is 3. The van der Waals surface area contributed by atoms with Gasteiger partial charge in [0.2, 0.25) is 0 Å². The predicted octanol–water partition coefficient (Wildman–Crippen LogP) is 5.15. The van der Waals surface area contributed by atoms with Crippen LogP contribution in [0.3, 0.4) is 0 Å². The summed E-state index contributed by atoms with van der Waals surface area (Å²) >= 11 is -8.75. The predicted molar refractivity (Wildman–Crippen MR) is 58.2 cm³/mol. The van der Waals surface area contributed by atoms with Gasteiger partial charge < -0.3 is 0 Å². The molecule has 2 nitrogen and oxygen atoms in total. The molecule has 0 heterocycles. The Balaban J connectivity index is 5.11. The van der Waals surface area contributed by atoms with Crippen molar-refractivity contribution in [1.29, 1.82) is 0 Å². The van der Waals surface area contributed by atoms with Gasteiger partial charge in [0.25, 0.3) is 0 Å². The van der Waals surface area contributed by atoms with Gasteiger partial charge in [0, 0.05) is 0 Å². The molecule has 0 amide bonds. The van der Waals surface area contributed by atoms with Crippen molar-refractivity contribution in [3.8, 4) is 0 Å². The molecule has 0 saturated carbocycles. The third-order valence-electron chi connectivity index (χ3n) is 3.43. The van der Waals surface area contributed by atoms with Crippen LogP contribution in [-0.4, -0.2) is 20.6 Å². The maximum atomic E-state index is 13.6. The van der Waals surface area contributed by atoms with E-state index in [4.69, 9.17) is 0 Å². The second kappa shape index (κ2) is 5.99. The SMILES string of the molecule is CC[Si](CC)(CC)[O][Zn]([F])([F])([F])[O]C(C)C(F)(F)F. The number of hydrogen-bond donors (Lipinski definition) is 0. The van der Waals surface area contributed by atoms with Gasteiger partial charge in [0.15, 0.2) is 0 Å². The third-order valence-corrected chi connectivity index (χ3v) is 17.1. The molecule has 0 aromatic carbocycles. The van der Waals surface area contributed by atoms with Crippen molar-refractivity contribution in [2.24, 2.45) is 0 Å². The first-order chi connectivity index (χ1) is 8.28. The van der Waals surface area contributed by atoms with Gasteiger partial charge in [-0.1, -0.05) is 0 Å². The molecule has 0 bridgehead atoms. The maximum absolute atomic E-state index is 13.6. The summed E-state index contributed by atoms with van der Waals surface area (Å²) in [6, 6.07) is 0.605. The molecule has 0 aliphatic heterocycles. The number of halogens is 6. The van der Waals surface area contributed by atoms with Crippen LogP contribution in [-0.2, 0) is 22.6 Å². The van der Waals surface area contributed by atoms with Crippen molar-refractivity contribution >= 4 is 8.32 Å². The van der Waals surface area contributed by atoms with Gasteiger partial charge in [-0.15, -0.1) is 0 Å². The van der Waals surface area contributed by atoms with E-state index in [-0.39, 0.29) is 18.1 Å². The zero-order chi connectivity index (χ0) is 15.6. The molecule has 10 heteroatoms. The van der Waals surface area contributed by atoms with Crippen LogP contribution in [0.25, 0.3) is 0 Å². The van der Waals surface area contributed by atoms with Crippen LogP contribution in [0.15, 0.2) is 0 Å². The van der Waals surface area contributed by atoms with Crippen molar-refractivity contribution in [1.82, 2.24) is 0 Å². The molecule has 1 atom stereocenters. The minimum atomic E-state index is -8.75. The first-order valence-corrected chi connectivity index (χ1v) is 14.8. The molecule has 0 aromatic rings. The molecule has 0 spiro atoms. The average molecular weight is 367 g/mol. The molecule has 19 heavy (non-hydrogen) atoms. The first-order valence-electron chi connectivity index (χ1n) is 6.43. The summed E-state index contributed by atoms with van der Waals surface area (Å²) in [7, 11) is -3.07. The quantitative estimate of drug-likeness (QED) is 0.458. The Morgan fingerprint density at radius 3 is 1.63 bits per heavy atom. The summed E-state index contributed by atoms with van der Waals surface area (Å²) in [5.74, 6) is 0. The van der Waals surface area contributed by atoms with E-state index in [2.05, 4.69) is 6.82 Å². The summed E-state index contributed by atoms with van der Waals surface area (Å²) in [5.41, 5.74) is 0. The van der Waals surface area contributed by atoms with E-state index in [1.165, 1.54) is 0 Å². The van der Waals surface area contributed by atoms with Gasteiger partial charge >= 0.3 is 112 Å². The fourth-order valence-corrected chi connectivity index (χ4v) is 17.4. The zero-order valence-electron chi connectivity index (χ0n) is 11.5. The Kier molecular flexibility index (Phi) is 6.10. The van der Waals surface area contributed by atoms with Gasteiger partial charge in [-0.05, 0) is 0 Å². The van der Waals surface area contributed by atoms with Crippen LogP contribution in [0.1, 0.15) is 27.7 Å². The van der Waals surface area contributed by atoms with Crippen molar-refractivity contribution in [2.45, 2.75) is 58.1 Å². The van der Waals surface area contributed by atoms with E-state index in [0.717, 1.165) is 0 Å². The zero-order valence-corrected chi connectivity index (χ0v) is 15.5. The van der Waals surface area contributed by atoms with E-state index >= 15 is 0 Å². The summed E-state index contributed by atoms with van der Waals surface area (Å²) in [5, 5.41) is 0. The molecule has 0 radical (unpaired) electrons. The van der Waals surface area contributed by atoms with E-state index < -0.39 is 36.4 Å². The normalized spacial score (nSPS) is 16.6. The van der Waals surface area contributed by atoms with Gasteiger partial charge in [-0.3, -0.25) is 0 Å². The van der Waals surface area contributed by atoms with Crippen LogP contribution < -0.4 is 0 Å². The molecule has 0 aromatic heterocycles. The van der Waals surface area contributed by atoms with Crippen LogP contribution in [0.5, 0.6) is 0 Å². The number of rotatable bonds is 7. The average Bonchev–Trinajstić information content (AvgIpc) is 2.23. The fraction of sp³-hybridized carbons (Fsp3) is 1.00. The summed E-state index contributed by atoms with van der Waals surface area (Å²) in [4.78, 5) is 0.